The number of carboxylic acid groups (broad SMARTS) is 1. The van der Waals surface area contributed by atoms with Gasteiger partial charge in [0.15, 0.2) is 0 Å². The van der Waals surface area contributed by atoms with Crippen molar-refractivity contribution in [1.82, 2.24) is 15.5 Å². The van der Waals surface area contributed by atoms with E-state index in [2.05, 4.69) is 10.6 Å². The fourth-order valence-electron chi connectivity index (χ4n) is 4.36. The monoisotopic (exact) mass is 561 g/mol. The van der Waals surface area contributed by atoms with Crippen LogP contribution < -0.4 is 10.6 Å². The number of aliphatic carboxylic acids is 1. The number of nitrogens with zero attached hydrogens (tertiary/aromatic N) is 1. The zero-order chi connectivity index (χ0) is 28.0. The van der Waals surface area contributed by atoms with Gasteiger partial charge in [0.2, 0.25) is 11.8 Å². The van der Waals surface area contributed by atoms with E-state index in [-0.39, 0.29) is 41.6 Å². The largest absolute Gasteiger partial charge is 0.507 e. The van der Waals surface area contributed by atoms with E-state index in [0.717, 1.165) is 11.1 Å². The summed E-state index contributed by atoms with van der Waals surface area (Å²) in [6.07, 6.45) is 2.30. The van der Waals surface area contributed by atoms with Crippen molar-refractivity contribution in [1.29, 1.82) is 0 Å². The lowest BCUT2D eigenvalue weighted by atomic mass is 9.91. The summed E-state index contributed by atoms with van der Waals surface area (Å²) in [5.41, 5.74) is 1.72. The highest BCUT2D eigenvalue weighted by atomic mass is 35.5. The van der Waals surface area contributed by atoms with E-state index in [9.17, 15) is 29.4 Å². The minimum Gasteiger partial charge on any atom is -0.507 e. The zero-order valence-corrected chi connectivity index (χ0v) is 23.0. The Bertz CT molecular complexity index is 1210. The number of amides is 3. The van der Waals surface area contributed by atoms with Gasteiger partial charge in [-0.15, -0.1) is 0 Å². The van der Waals surface area contributed by atoms with Crippen LogP contribution in [0.3, 0.4) is 0 Å². The normalized spacial score (nSPS) is 16.3. The van der Waals surface area contributed by atoms with Crippen molar-refractivity contribution in [3.8, 4) is 5.75 Å². The average Bonchev–Trinajstić information content (AvgIpc) is 2.87. The van der Waals surface area contributed by atoms with Crippen LogP contribution in [0.2, 0.25) is 5.02 Å². The first kappa shape index (κ1) is 29.3. The van der Waals surface area contributed by atoms with Crippen molar-refractivity contribution < 1.29 is 29.4 Å². The molecular formula is C27H32ClN3O6S. The van der Waals surface area contributed by atoms with Gasteiger partial charge in [-0.05, 0) is 53.7 Å². The lowest BCUT2D eigenvalue weighted by molar-refractivity contribution is -0.146. The quantitative estimate of drug-likeness (QED) is 0.350. The summed E-state index contributed by atoms with van der Waals surface area (Å²) >= 11 is 7.35. The Morgan fingerprint density at radius 1 is 1.11 bits per heavy atom. The minimum absolute atomic E-state index is 0.0378. The summed E-state index contributed by atoms with van der Waals surface area (Å²) in [4.78, 5) is 53.4. The van der Waals surface area contributed by atoms with Crippen LogP contribution in [0.25, 0.3) is 0 Å². The molecule has 3 rings (SSSR count). The molecule has 204 valence electrons. The number of carboxylic acids is 1. The summed E-state index contributed by atoms with van der Waals surface area (Å²) in [5.74, 6) is -2.97. The molecule has 1 aliphatic rings. The number of nitrogens with one attached hydrogen (secondary N) is 2. The molecule has 0 spiro atoms. The van der Waals surface area contributed by atoms with Gasteiger partial charge in [-0.25, -0.2) is 4.79 Å². The van der Waals surface area contributed by atoms with Crippen molar-refractivity contribution in [2.75, 3.05) is 12.0 Å². The number of carbonyl (C=O) groups excluding carboxylic acids is 3. The van der Waals surface area contributed by atoms with Gasteiger partial charge in [0.1, 0.15) is 23.9 Å². The Kier molecular flexibility index (Phi) is 10.0. The number of rotatable bonds is 10. The molecule has 38 heavy (non-hydrogen) atoms. The van der Waals surface area contributed by atoms with E-state index in [1.807, 2.05) is 30.5 Å². The van der Waals surface area contributed by atoms with Gasteiger partial charge < -0.3 is 25.7 Å². The molecule has 0 saturated carbocycles. The van der Waals surface area contributed by atoms with Crippen LogP contribution in [-0.4, -0.2) is 68.9 Å². The second kappa shape index (κ2) is 13.0. The summed E-state index contributed by atoms with van der Waals surface area (Å²) in [7, 11) is 0. The summed E-state index contributed by atoms with van der Waals surface area (Å²) < 4.78 is 0. The number of benzene rings is 2. The third-order valence-corrected chi connectivity index (χ3v) is 7.36. The van der Waals surface area contributed by atoms with Gasteiger partial charge in [-0.3, -0.25) is 14.4 Å². The van der Waals surface area contributed by atoms with E-state index >= 15 is 0 Å². The Morgan fingerprint density at radius 3 is 2.39 bits per heavy atom. The maximum absolute atomic E-state index is 13.9. The summed E-state index contributed by atoms with van der Waals surface area (Å²) in [6, 6.07) is 8.44. The van der Waals surface area contributed by atoms with E-state index in [0.29, 0.717) is 5.75 Å². The van der Waals surface area contributed by atoms with Gasteiger partial charge in [0.25, 0.3) is 5.91 Å². The van der Waals surface area contributed by atoms with E-state index < -0.39 is 41.8 Å². The molecule has 0 radical (unpaired) electrons. The third kappa shape index (κ3) is 6.99. The Balaban J connectivity index is 1.89. The highest BCUT2D eigenvalue weighted by Gasteiger charge is 2.40. The molecule has 2 aromatic carbocycles. The van der Waals surface area contributed by atoms with Gasteiger partial charge in [0.05, 0.1) is 5.56 Å². The average molecular weight is 562 g/mol. The molecular weight excluding hydrogens is 530 g/mol. The highest BCUT2D eigenvalue weighted by Crippen LogP contribution is 2.26. The number of hydrogen-bond donors (Lipinski definition) is 4. The van der Waals surface area contributed by atoms with Crippen LogP contribution >= 0.6 is 23.4 Å². The predicted octanol–water partition coefficient (Wildman–Crippen LogP) is 3.08. The fourth-order valence-corrected chi connectivity index (χ4v) is 5.00. The predicted molar refractivity (Wildman–Crippen MR) is 146 cm³/mol. The van der Waals surface area contributed by atoms with Crippen LogP contribution in [0, 0.1) is 5.92 Å². The first-order valence-electron chi connectivity index (χ1n) is 12.2. The van der Waals surface area contributed by atoms with E-state index in [1.54, 1.807) is 13.8 Å². The van der Waals surface area contributed by atoms with Gasteiger partial charge in [-0.1, -0.05) is 49.7 Å². The minimum atomic E-state index is -1.14. The van der Waals surface area contributed by atoms with Crippen molar-refractivity contribution in [3.63, 3.8) is 0 Å². The molecule has 0 unspecified atom stereocenters. The molecule has 0 bridgehead atoms. The van der Waals surface area contributed by atoms with Crippen molar-refractivity contribution in [2.45, 2.75) is 51.4 Å². The van der Waals surface area contributed by atoms with E-state index in [1.165, 1.54) is 34.9 Å². The molecule has 3 atom stereocenters. The van der Waals surface area contributed by atoms with E-state index in [4.69, 9.17) is 11.6 Å². The molecule has 1 aliphatic heterocycles. The first-order chi connectivity index (χ1) is 18.0. The van der Waals surface area contributed by atoms with Crippen LogP contribution in [0.5, 0.6) is 5.75 Å². The van der Waals surface area contributed by atoms with Crippen LogP contribution in [0.15, 0.2) is 42.5 Å². The number of phenols is 1. The molecule has 11 heteroatoms. The molecule has 0 fully saturated rings. The molecule has 1 heterocycles. The lowest BCUT2D eigenvalue weighted by Crippen LogP contribution is -2.60. The van der Waals surface area contributed by atoms with Crippen molar-refractivity contribution in [3.05, 3.63) is 64.2 Å². The molecule has 3 amide bonds. The maximum Gasteiger partial charge on any atom is 0.326 e. The smallest absolute Gasteiger partial charge is 0.326 e. The number of carbonyl (C=O) groups is 4. The second-order valence-corrected chi connectivity index (χ2v) is 10.9. The van der Waals surface area contributed by atoms with Gasteiger partial charge >= 0.3 is 5.97 Å². The molecule has 4 N–H and O–H groups in total. The Labute approximate surface area is 230 Å². The van der Waals surface area contributed by atoms with Crippen LogP contribution in [-0.2, 0) is 27.3 Å². The fraction of sp³-hybridized carbons (Fsp3) is 0.407. The maximum atomic E-state index is 13.9. The molecule has 0 aliphatic carbocycles. The first-order valence-corrected chi connectivity index (χ1v) is 14.0. The standard InChI is InChI=1S/C27H32ClN3O6S/c1-15(2)23(30-24(33)19-9-8-18(28)13-22(19)32)26(35)31-14-17-7-5-4-6-16(17)12-21(31)25(34)29-20(27(36)37)10-11-38-3/h4-9,13,15,20-21,23,32H,10-12,14H2,1-3H3,(H,29,34)(H,30,33)(H,36,37)/t20-,21-,23-/m0/s1. The van der Waals surface area contributed by atoms with Crippen molar-refractivity contribution in [2.24, 2.45) is 5.92 Å². The van der Waals surface area contributed by atoms with Gasteiger partial charge in [-0.2, -0.15) is 11.8 Å². The Morgan fingerprint density at radius 2 is 1.79 bits per heavy atom. The summed E-state index contributed by atoms with van der Waals surface area (Å²) in [6.45, 7) is 3.65. The van der Waals surface area contributed by atoms with Crippen LogP contribution in [0.1, 0.15) is 41.8 Å². The molecule has 0 saturated heterocycles. The SMILES string of the molecule is CSCC[C@H](NC(=O)[C@@H]1Cc2ccccc2CN1C(=O)[C@@H](NC(=O)c1ccc(Cl)cc1O)C(C)C)C(=O)O. The third-order valence-electron chi connectivity index (χ3n) is 6.48. The molecule has 9 nitrogen and oxygen atoms in total. The number of halogens is 1. The van der Waals surface area contributed by atoms with Crippen molar-refractivity contribution >= 4 is 47.1 Å². The summed E-state index contributed by atoms with van der Waals surface area (Å²) in [5, 5.41) is 25.3. The number of phenolic OH excluding ortho intramolecular Hbond substituents is 1. The topological polar surface area (TPSA) is 136 Å². The number of fused-ring (bicyclic) bond motifs is 1. The Hall–Kier alpha value is -3.24. The van der Waals surface area contributed by atoms with Gasteiger partial charge in [0, 0.05) is 18.0 Å². The molecule has 0 aromatic heterocycles. The van der Waals surface area contributed by atoms with Crippen LogP contribution in [0.4, 0.5) is 0 Å². The number of thioether (sulfide) groups is 1. The second-order valence-electron chi connectivity index (χ2n) is 9.49. The number of aromatic hydroxyl groups is 1. The highest BCUT2D eigenvalue weighted by molar-refractivity contribution is 7.98. The zero-order valence-electron chi connectivity index (χ0n) is 21.4. The molecule has 2 aromatic rings. The number of hydrogen-bond acceptors (Lipinski definition) is 6. The lowest BCUT2D eigenvalue weighted by Gasteiger charge is -2.39.